The third kappa shape index (κ3) is 3.12. The molecular weight excluding hydrogens is 330 g/mol. The molecule has 3 rings (SSSR count). The summed E-state index contributed by atoms with van der Waals surface area (Å²) in [6, 6.07) is 6.46. The number of carbonyl (C=O) groups is 2. The number of halogens is 1. The van der Waals surface area contributed by atoms with Crippen LogP contribution in [0, 0.1) is 6.92 Å². The minimum Gasteiger partial charge on any atom is -0.368 e. The van der Waals surface area contributed by atoms with Crippen LogP contribution in [0.4, 0.5) is 0 Å². The monoisotopic (exact) mass is 347 g/mol. The molecule has 0 spiro atoms. The molecule has 1 aromatic heterocycles. The minimum absolute atomic E-state index is 0.225. The molecule has 0 bridgehead atoms. The summed E-state index contributed by atoms with van der Waals surface area (Å²) >= 11 is 5.98. The van der Waals surface area contributed by atoms with Gasteiger partial charge in [-0.15, -0.1) is 5.10 Å². The van der Waals surface area contributed by atoms with Crippen molar-refractivity contribution in [1.29, 1.82) is 0 Å². The summed E-state index contributed by atoms with van der Waals surface area (Å²) in [5.41, 5.74) is 6.82. The van der Waals surface area contributed by atoms with Crippen LogP contribution in [0.5, 0.6) is 0 Å². The van der Waals surface area contributed by atoms with Crippen molar-refractivity contribution in [3.63, 3.8) is 0 Å². The van der Waals surface area contributed by atoms with Crippen molar-refractivity contribution in [2.75, 3.05) is 6.54 Å². The molecule has 2 amide bonds. The lowest BCUT2D eigenvalue weighted by Gasteiger charge is -2.33. The highest BCUT2D eigenvalue weighted by atomic mass is 35.5. The number of benzene rings is 1. The Hall–Kier alpha value is -2.41. The SMILES string of the molecule is Cc1nn(-c2cccc(Cl)c2)nc1C(=O)N1CCCCC1C(N)=O. The van der Waals surface area contributed by atoms with Crippen molar-refractivity contribution in [2.45, 2.75) is 32.2 Å². The van der Waals surface area contributed by atoms with Gasteiger partial charge in [0.15, 0.2) is 5.69 Å². The van der Waals surface area contributed by atoms with E-state index in [-0.39, 0.29) is 11.6 Å². The average Bonchev–Trinajstić information content (AvgIpc) is 2.96. The van der Waals surface area contributed by atoms with Gasteiger partial charge in [-0.2, -0.15) is 9.90 Å². The molecule has 2 aromatic rings. The summed E-state index contributed by atoms with van der Waals surface area (Å²) < 4.78 is 0. The van der Waals surface area contributed by atoms with E-state index in [9.17, 15) is 9.59 Å². The smallest absolute Gasteiger partial charge is 0.277 e. The summed E-state index contributed by atoms with van der Waals surface area (Å²) in [4.78, 5) is 27.3. The quantitative estimate of drug-likeness (QED) is 0.914. The van der Waals surface area contributed by atoms with E-state index >= 15 is 0 Å². The summed E-state index contributed by atoms with van der Waals surface area (Å²) in [7, 11) is 0. The van der Waals surface area contributed by atoms with Gasteiger partial charge >= 0.3 is 0 Å². The van der Waals surface area contributed by atoms with Gasteiger partial charge in [-0.05, 0) is 44.4 Å². The largest absolute Gasteiger partial charge is 0.368 e. The molecule has 2 N–H and O–H groups in total. The number of piperidine rings is 1. The molecule has 1 aromatic carbocycles. The molecule has 1 fully saturated rings. The maximum Gasteiger partial charge on any atom is 0.277 e. The van der Waals surface area contributed by atoms with E-state index in [4.69, 9.17) is 17.3 Å². The first-order chi connectivity index (χ1) is 11.5. The van der Waals surface area contributed by atoms with Crippen molar-refractivity contribution >= 4 is 23.4 Å². The summed E-state index contributed by atoms with van der Waals surface area (Å²) in [6.07, 6.45) is 2.31. The summed E-state index contributed by atoms with van der Waals surface area (Å²) in [6.45, 7) is 2.21. The molecular formula is C16H18ClN5O2. The molecule has 0 aliphatic carbocycles. The van der Waals surface area contributed by atoms with Crippen molar-refractivity contribution in [3.05, 3.63) is 40.7 Å². The molecule has 0 saturated carbocycles. The molecule has 1 aliphatic rings. The number of nitrogens with two attached hydrogens (primary N) is 1. The zero-order valence-corrected chi connectivity index (χ0v) is 14.0. The van der Waals surface area contributed by atoms with Crippen LogP contribution in [0.15, 0.2) is 24.3 Å². The van der Waals surface area contributed by atoms with Crippen LogP contribution in [0.1, 0.15) is 35.4 Å². The lowest BCUT2D eigenvalue weighted by atomic mass is 10.0. The number of aromatic nitrogens is 3. The highest BCUT2D eigenvalue weighted by molar-refractivity contribution is 6.30. The Balaban J connectivity index is 1.92. The van der Waals surface area contributed by atoms with E-state index in [1.54, 1.807) is 31.2 Å². The van der Waals surface area contributed by atoms with Crippen LogP contribution >= 0.6 is 11.6 Å². The van der Waals surface area contributed by atoms with E-state index in [1.165, 1.54) is 9.70 Å². The second-order valence-corrected chi connectivity index (χ2v) is 6.25. The van der Waals surface area contributed by atoms with Gasteiger partial charge in [0.2, 0.25) is 5.91 Å². The van der Waals surface area contributed by atoms with E-state index in [0.29, 0.717) is 29.4 Å². The lowest BCUT2D eigenvalue weighted by Crippen LogP contribution is -2.50. The molecule has 0 radical (unpaired) electrons. The topological polar surface area (TPSA) is 94.1 Å². The summed E-state index contributed by atoms with van der Waals surface area (Å²) in [5.74, 6) is -0.799. The van der Waals surface area contributed by atoms with E-state index in [0.717, 1.165) is 12.8 Å². The Morgan fingerprint density at radius 2 is 2.08 bits per heavy atom. The maximum atomic E-state index is 12.8. The van der Waals surface area contributed by atoms with Gasteiger partial charge in [-0.3, -0.25) is 9.59 Å². The van der Waals surface area contributed by atoms with Gasteiger partial charge < -0.3 is 10.6 Å². The van der Waals surface area contributed by atoms with Crippen LogP contribution in [-0.4, -0.2) is 44.3 Å². The summed E-state index contributed by atoms with van der Waals surface area (Å²) in [5, 5.41) is 9.14. The Labute approximate surface area is 144 Å². The first-order valence-corrected chi connectivity index (χ1v) is 8.15. The van der Waals surface area contributed by atoms with Crippen LogP contribution in [0.2, 0.25) is 5.02 Å². The number of aryl methyl sites for hydroxylation is 1. The number of likely N-dealkylation sites (tertiary alicyclic amines) is 1. The Kier molecular flexibility index (Phi) is 4.53. The second kappa shape index (κ2) is 6.60. The highest BCUT2D eigenvalue weighted by Gasteiger charge is 2.33. The number of hydrogen-bond donors (Lipinski definition) is 1. The van der Waals surface area contributed by atoms with E-state index in [1.807, 2.05) is 0 Å². The first kappa shape index (κ1) is 16.4. The highest BCUT2D eigenvalue weighted by Crippen LogP contribution is 2.21. The van der Waals surface area contributed by atoms with Crippen molar-refractivity contribution < 1.29 is 9.59 Å². The van der Waals surface area contributed by atoms with Gasteiger partial charge in [-0.1, -0.05) is 17.7 Å². The fourth-order valence-electron chi connectivity index (χ4n) is 2.90. The molecule has 1 atom stereocenters. The first-order valence-electron chi connectivity index (χ1n) is 7.77. The maximum absolute atomic E-state index is 12.8. The number of nitrogens with zero attached hydrogens (tertiary/aromatic N) is 4. The molecule has 1 saturated heterocycles. The third-order valence-electron chi connectivity index (χ3n) is 4.12. The molecule has 24 heavy (non-hydrogen) atoms. The Morgan fingerprint density at radius 3 is 2.79 bits per heavy atom. The second-order valence-electron chi connectivity index (χ2n) is 5.82. The zero-order chi connectivity index (χ0) is 17.3. The molecule has 1 unspecified atom stereocenters. The Bertz CT molecular complexity index is 789. The van der Waals surface area contributed by atoms with Gasteiger partial charge in [0.1, 0.15) is 6.04 Å². The number of hydrogen-bond acceptors (Lipinski definition) is 4. The van der Waals surface area contributed by atoms with Crippen LogP contribution in [0.3, 0.4) is 0 Å². The molecule has 126 valence electrons. The van der Waals surface area contributed by atoms with Gasteiger partial charge in [0, 0.05) is 11.6 Å². The van der Waals surface area contributed by atoms with Crippen molar-refractivity contribution in [3.8, 4) is 5.69 Å². The Morgan fingerprint density at radius 1 is 1.29 bits per heavy atom. The third-order valence-corrected chi connectivity index (χ3v) is 4.35. The van der Waals surface area contributed by atoms with E-state index < -0.39 is 11.9 Å². The van der Waals surface area contributed by atoms with Gasteiger partial charge in [-0.25, -0.2) is 0 Å². The number of amides is 2. The van der Waals surface area contributed by atoms with Gasteiger partial charge in [0.05, 0.1) is 11.4 Å². The normalized spacial score (nSPS) is 17.8. The zero-order valence-electron chi connectivity index (χ0n) is 13.3. The standard InChI is InChI=1S/C16H18ClN5O2/c1-10-14(16(24)21-8-3-2-7-13(21)15(18)23)20-22(19-10)12-6-4-5-11(17)9-12/h4-6,9,13H,2-3,7-8H2,1H3,(H2,18,23). The number of carbonyl (C=O) groups excluding carboxylic acids is 2. The predicted molar refractivity (Wildman–Crippen MR) is 89.0 cm³/mol. The minimum atomic E-state index is -0.582. The fourth-order valence-corrected chi connectivity index (χ4v) is 3.08. The van der Waals surface area contributed by atoms with Crippen LogP contribution < -0.4 is 5.73 Å². The van der Waals surface area contributed by atoms with E-state index in [2.05, 4.69) is 10.2 Å². The fraction of sp³-hybridized carbons (Fsp3) is 0.375. The van der Waals surface area contributed by atoms with Gasteiger partial charge in [0.25, 0.3) is 5.91 Å². The number of rotatable bonds is 3. The lowest BCUT2D eigenvalue weighted by molar-refractivity contribution is -0.123. The van der Waals surface area contributed by atoms with Crippen LogP contribution in [0.25, 0.3) is 5.69 Å². The molecule has 1 aliphatic heterocycles. The molecule has 2 heterocycles. The van der Waals surface area contributed by atoms with Crippen LogP contribution in [-0.2, 0) is 4.79 Å². The number of primary amides is 1. The predicted octanol–water partition coefficient (Wildman–Crippen LogP) is 1.71. The van der Waals surface area contributed by atoms with Crippen molar-refractivity contribution in [1.82, 2.24) is 19.9 Å². The van der Waals surface area contributed by atoms with Crippen molar-refractivity contribution in [2.24, 2.45) is 5.73 Å². The average molecular weight is 348 g/mol. The molecule has 8 heteroatoms. The molecule has 7 nitrogen and oxygen atoms in total.